The van der Waals surface area contributed by atoms with Gasteiger partial charge in [-0.05, 0) is 98.0 Å². The number of hydrogen-bond donors (Lipinski definition) is 0. The molecule has 8 nitrogen and oxygen atoms in total. The quantitative estimate of drug-likeness (QED) is 0.0329. The Bertz CT molecular complexity index is 1610. The monoisotopic (exact) mass is 1610 g/mol. The van der Waals surface area contributed by atoms with E-state index in [0.717, 1.165) is 23.0 Å². The van der Waals surface area contributed by atoms with Crippen LogP contribution < -0.4 is 0 Å². The van der Waals surface area contributed by atoms with E-state index in [1.54, 1.807) is 0 Å². The largest absolute Gasteiger partial charge is 0.465 e. The Balaban J connectivity index is 6.82. The van der Waals surface area contributed by atoms with Crippen molar-refractivity contribution in [2.75, 3.05) is 72.5 Å². The molecule has 0 aliphatic rings. The van der Waals surface area contributed by atoms with Gasteiger partial charge in [0.15, 0.2) is 0 Å². The molecule has 0 aliphatic carbocycles. The van der Waals surface area contributed by atoms with E-state index in [9.17, 15) is 19.2 Å². The van der Waals surface area contributed by atoms with E-state index in [0.29, 0.717) is 46.7 Å². The second-order valence-electron chi connectivity index (χ2n) is 34.2. The summed E-state index contributed by atoms with van der Waals surface area (Å²) in [5, 5.41) is 0. The minimum Gasteiger partial charge on any atom is -0.465 e. The van der Waals surface area contributed by atoms with Crippen molar-refractivity contribution in [3.05, 3.63) is 0 Å². The van der Waals surface area contributed by atoms with Gasteiger partial charge in [0.25, 0.3) is 0 Å². The van der Waals surface area contributed by atoms with Crippen LogP contribution in [0, 0.1) is 29.1 Å². The van der Waals surface area contributed by atoms with E-state index in [2.05, 4.69) is 55.4 Å². The van der Waals surface area contributed by atoms with Gasteiger partial charge in [-0.15, -0.1) is 0 Å². The highest BCUT2D eigenvalue weighted by Gasteiger charge is 2.38. The lowest BCUT2D eigenvalue weighted by Crippen LogP contribution is -2.44. The van der Waals surface area contributed by atoms with Gasteiger partial charge in [-0.1, -0.05) is 415 Å². The summed E-state index contributed by atoms with van der Waals surface area (Å²) < 4.78 is 25.1. The molecule has 12 heteroatoms. The second-order valence-corrected chi connectivity index (χ2v) is 38.8. The Morgan fingerprint density at radius 2 is 0.330 bits per heavy atom. The minimum atomic E-state index is -1.27. The molecule has 0 saturated heterocycles. The van der Waals surface area contributed by atoms with E-state index >= 15 is 0 Å². The lowest BCUT2D eigenvalue weighted by Gasteiger charge is -2.31. The summed E-state index contributed by atoms with van der Waals surface area (Å²) >= 11 is 7.52. The Hall–Kier alpha value is -0.720. The van der Waals surface area contributed by atoms with E-state index in [4.69, 9.17) is 18.9 Å². The highest BCUT2D eigenvalue weighted by Crippen LogP contribution is 2.31. The zero-order valence-electron chi connectivity index (χ0n) is 74.3. The minimum absolute atomic E-state index is 0.182. The smallest absolute Gasteiger partial charge is 0.306 e. The van der Waals surface area contributed by atoms with Gasteiger partial charge in [0.2, 0.25) is 0 Å². The van der Waals surface area contributed by atoms with Crippen LogP contribution >= 0.6 is 47.0 Å². The van der Waals surface area contributed by atoms with Crippen LogP contribution in [0.25, 0.3) is 0 Å². The maximum atomic E-state index is 14.1. The summed E-state index contributed by atoms with van der Waals surface area (Å²) in [5.41, 5.74) is -1.27. The molecule has 0 aliphatic heterocycles. The molecule has 0 amide bonds. The number of ether oxygens (including phenoxy) is 4. The molecule has 0 N–H and O–H groups in total. The normalized spacial score (nSPS) is 13.4. The van der Waals surface area contributed by atoms with Crippen LogP contribution in [-0.2, 0) is 38.1 Å². The Morgan fingerprint density at radius 3 is 0.468 bits per heavy atom. The molecule has 0 fully saturated rings. The van der Waals surface area contributed by atoms with Crippen molar-refractivity contribution in [1.29, 1.82) is 0 Å². The van der Waals surface area contributed by atoms with Crippen molar-refractivity contribution < 1.29 is 38.1 Å². The first-order chi connectivity index (χ1) is 53.5. The van der Waals surface area contributed by atoms with Crippen molar-refractivity contribution in [3.63, 3.8) is 0 Å². The number of thioether (sulfide) groups is 4. The SMILES string of the molecule is CCCCCCCCCCC(CCCCCCCC)CSCCC(=O)OCC(COC(=O)CCSCC(CCCCCCCC)CCCCCCCCCC)(COC(=O)CCSCC(CCCCCCCC)CCCCCCCCCC)COC(=O)CCSCC(CCCCCCCC)CCCCCCCCCC. The Kier molecular flexibility index (Phi) is 87.5. The fourth-order valence-electron chi connectivity index (χ4n) is 15.5. The van der Waals surface area contributed by atoms with Gasteiger partial charge in [-0.2, -0.15) is 47.0 Å². The van der Waals surface area contributed by atoms with Gasteiger partial charge in [-0.3, -0.25) is 19.2 Å². The standard InChI is InChI=1S/C97H188O8S4/c1-9-17-25-33-41-45-53-61-69-89(65-57-49-37-29-21-13-5)81-106-77-73-93(98)102-85-97(86-103-94(99)74-78-107-82-90(66-58-50-38-30-22-14-6)70-62-54-46-42-34-26-18-10-2,87-104-95(100)75-79-108-83-91(67-59-51-39-31-23-15-7)71-63-55-47-43-35-27-19-11-3)88-105-96(101)76-80-109-84-92(68-60-52-40-32-24-16-8)72-64-56-48-44-36-28-20-12-4/h89-92H,9-88H2,1-8H3. The van der Waals surface area contributed by atoms with Gasteiger partial charge in [0.1, 0.15) is 31.8 Å². The molecule has 0 aromatic rings. The molecule has 0 aromatic carbocycles. The van der Waals surface area contributed by atoms with Gasteiger partial charge < -0.3 is 18.9 Å². The average Bonchev–Trinajstić information content (AvgIpc) is 0.852. The van der Waals surface area contributed by atoms with Crippen LogP contribution in [-0.4, -0.2) is 96.3 Å². The van der Waals surface area contributed by atoms with E-state index < -0.39 is 5.41 Å². The predicted octanol–water partition coefficient (Wildman–Crippen LogP) is 32.2. The van der Waals surface area contributed by atoms with Crippen molar-refractivity contribution in [1.82, 2.24) is 0 Å². The van der Waals surface area contributed by atoms with Gasteiger partial charge in [0.05, 0.1) is 25.7 Å². The molecule has 648 valence electrons. The molecule has 0 bridgehead atoms. The molecule has 0 rings (SSSR count). The highest BCUT2D eigenvalue weighted by molar-refractivity contribution is 7.99. The first-order valence-corrected chi connectivity index (χ1v) is 53.1. The van der Waals surface area contributed by atoms with E-state index in [1.807, 2.05) is 47.0 Å². The van der Waals surface area contributed by atoms with Crippen LogP contribution in [0.3, 0.4) is 0 Å². The van der Waals surface area contributed by atoms with Crippen molar-refractivity contribution in [2.24, 2.45) is 29.1 Å². The van der Waals surface area contributed by atoms with Crippen molar-refractivity contribution in [3.8, 4) is 0 Å². The molecule has 4 atom stereocenters. The third-order valence-electron chi connectivity index (χ3n) is 23.1. The average molecular weight is 1610 g/mol. The summed E-state index contributed by atoms with van der Waals surface area (Å²) in [6.45, 7) is 17.6. The summed E-state index contributed by atoms with van der Waals surface area (Å²) in [4.78, 5) is 56.5. The molecule has 0 aromatic heterocycles. The van der Waals surface area contributed by atoms with Crippen molar-refractivity contribution >= 4 is 70.9 Å². The first-order valence-electron chi connectivity index (χ1n) is 48.5. The Labute approximate surface area is 697 Å². The maximum absolute atomic E-state index is 14.1. The molecule has 109 heavy (non-hydrogen) atoms. The number of carbonyl (C=O) groups is 4. The topological polar surface area (TPSA) is 105 Å². The fourth-order valence-corrected chi connectivity index (χ4v) is 20.0. The molecule has 0 saturated carbocycles. The highest BCUT2D eigenvalue weighted by atomic mass is 32.2. The zero-order chi connectivity index (χ0) is 79.3. The van der Waals surface area contributed by atoms with Crippen LogP contribution in [0.2, 0.25) is 0 Å². The summed E-state index contributed by atoms with van der Waals surface area (Å²) in [6.07, 6.45) is 85.0. The number of rotatable bonds is 92. The van der Waals surface area contributed by atoms with E-state index in [-0.39, 0.29) is 76.0 Å². The van der Waals surface area contributed by atoms with Crippen LogP contribution in [0.4, 0.5) is 0 Å². The fraction of sp³-hybridized carbons (Fsp3) is 0.959. The summed E-state index contributed by atoms with van der Waals surface area (Å²) in [5.74, 6) is 8.17. The summed E-state index contributed by atoms with van der Waals surface area (Å²) in [7, 11) is 0. The van der Waals surface area contributed by atoms with Crippen LogP contribution in [0.15, 0.2) is 0 Å². The number of hydrogen-bond acceptors (Lipinski definition) is 12. The molecular formula is C97H188O8S4. The lowest BCUT2D eigenvalue weighted by atomic mass is 9.92. The molecule has 0 heterocycles. The Morgan fingerprint density at radius 1 is 0.202 bits per heavy atom. The van der Waals surface area contributed by atoms with Gasteiger partial charge in [-0.25, -0.2) is 0 Å². The molecule has 0 spiro atoms. The van der Waals surface area contributed by atoms with Gasteiger partial charge in [0, 0.05) is 23.0 Å². The van der Waals surface area contributed by atoms with Crippen molar-refractivity contribution in [2.45, 2.75) is 492 Å². The third kappa shape index (κ3) is 78.2. The van der Waals surface area contributed by atoms with Crippen LogP contribution in [0.5, 0.6) is 0 Å². The van der Waals surface area contributed by atoms with Crippen LogP contribution in [0.1, 0.15) is 492 Å². The lowest BCUT2D eigenvalue weighted by molar-refractivity contribution is -0.170. The molecule has 4 unspecified atom stereocenters. The summed E-state index contributed by atoms with van der Waals surface area (Å²) in [6, 6.07) is 0. The third-order valence-corrected chi connectivity index (χ3v) is 27.9. The number of esters is 4. The second kappa shape index (κ2) is 88.1. The number of unbranched alkanes of at least 4 members (excludes halogenated alkanes) is 48. The maximum Gasteiger partial charge on any atom is 0.306 e. The predicted molar refractivity (Wildman–Crippen MR) is 489 cm³/mol. The molecular weight excluding hydrogens is 1420 g/mol. The van der Waals surface area contributed by atoms with Gasteiger partial charge >= 0.3 is 23.9 Å². The molecule has 0 radical (unpaired) electrons. The number of carbonyl (C=O) groups excluding carboxylic acids is 4. The first kappa shape index (κ1) is 108. The van der Waals surface area contributed by atoms with E-state index in [1.165, 1.54) is 411 Å². The zero-order valence-corrected chi connectivity index (χ0v) is 77.5.